The second-order valence-electron chi connectivity index (χ2n) is 5.93. The first-order valence-electron chi connectivity index (χ1n) is 8.76. The Labute approximate surface area is 155 Å². The molecule has 3 nitrogen and oxygen atoms in total. The minimum Gasteiger partial charge on any atom is -0.464 e. The fourth-order valence-corrected chi connectivity index (χ4v) is 3.06. The summed E-state index contributed by atoms with van der Waals surface area (Å²) in [5, 5.41) is 3.36. The van der Waals surface area contributed by atoms with Crippen molar-refractivity contribution in [3.63, 3.8) is 0 Å². The van der Waals surface area contributed by atoms with E-state index in [0.717, 1.165) is 31.6 Å². The van der Waals surface area contributed by atoms with Gasteiger partial charge in [0.1, 0.15) is 6.04 Å². The third-order valence-corrected chi connectivity index (χ3v) is 4.66. The predicted molar refractivity (Wildman–Crippen MR) is 106 cm³/mol. The lowest BCUT2D eigenvalue weighted by atomic mass is 10.1. The summed E-state index contributed by atoms with van der Waals surface area (Å²) >= 11 is 1.75. The Hall–Kier alpha value is -1.78. The molecule has 0 fully saturated rings. The van der Waals surface area contributed by atoms with Gasteiger partial charge in [-0.2, -0.15) is 11.8 Å². The van der Waals surface area contributed by atoms with Crippen LogP contribution in [0.4, 0.5) is 0 Å². The number of esters is 1. The van der Waals surface area contributed by atoms with E-state index in [4.69, 9.17) is 4.74 Å². The molecule has 0 aliphatic heterocycles. The highest BCUT2D eigenvalue weighted by Gasteiger charge is 2.18. The number of thioether (sulfide) groups is 1. The highest BCUT2D eigenvalue weighted by atomic mass is 32.2. The molecule has 25 heavy (non-hydrogen) atoms. The number of nitrogens with one attached hydrogen (secondary N) is 1. The van der Waals surface area contributed by atoms with E-state index in [0.29, 0.717) is 6.61 Å². The third kappa shape index (κ3) is 7.76. The molecule has 0 bridgehead atoms. The average molecular weight is 358 g/mol. The molecule has 0 spiro atoms. The average Bonchev–Trinajstić information content (AvgIpc) is 2.66. The number of ether oxygens (including phenoxy) is 1. The normalized spacial score (nSPS) is 11.9. The number of benzene rings is 2. The van der Waals surface area contributed by atoms with E-state index in [-0.39, 0.29) is 12.0 Å². The van der Waals surface area contributed by atoms with Crippen LogP contribution in [0.3, 0.4) is 0 Å². The molecule has 0 unspecified atom stereocenters. The standard InChI is InChI=1S/C21H27NO2S/c1-25-17-14-20(22-15-12-18-8-4-2-5-9-18)21(23)24-16-13-19-10-6-3-7-11-19/h2-11,20,22H,12-17H2,1H3/t20-/m0/s1. The van der Waals surface area contributed by atoms with E-state index in [2.05, 4.69) is 35.8 Å². The maximum atomic E-state index is 12.4. The summed E-state index contributed by atoms with van der Waals surface area (Å²) in [6, 6.07) is 20.2. The summed E-state index contributed by atoms with van der Waals surface area (Å²) in [7, 11) is 0. The van der Waals surface area contributed by atoms with Crippen LogP contribution < -0.4 is 5.32 Å². The maximum absolute atomic E-state index is 12.4. The maximum Gasteiger partial charge on any atom is 0.323 e. The Balaban J connectivity index is 1.75. The first kappa shape index (κ1) is 19.5. The van der Waals surface area contributed by atoms with Crippen molar-refractivity contribution in [3.05, 3.63) is 71.8 Å². The van der Waals surface area contributed by atoms with Crippen molar-refractivity contribution < 1.29 is 9.53 Å². The van der Waals surface area contributed by atoms with Gasteiger partial charge in [-0.3, -0.25) is 4.79 Å². The van der Waals surface area contributed by atoms with E-state index >= 15 is 0 Å². The van der Waals surface area contributed by atoms with E-state index in [1.165, 1.54) is 11.1 Å². The smallest absolute Gasteiger partial charge is 0.323 e. The van der Waals surface area contributed by atoms with E-state index in [1.54, 1.807) is 11.8 Å². The molecule has 0 heterocycles. The molecule has 0 aliphatic carbocycles. The van der Waals surface area contributed by atoms with Crippen LogP contribution in [0, 0.1) is 0 Å². The largest absolute Gasteiger partial charge is 0.464 e. The van der Waals surface area contributed by atoms with Crippen molar-refractivity contribution in [2.75, 3.05) is 25.2 Å². The van der Waals surface area contributed by atoms with Gasteiger partial charge < -0.3 is 10.1 Å². The molecule has 1 N–H and O–H groups in total. The minimum atomic E-state index is -0.230. The predicted octanol–water partition coefficient (Wildman–Crippen LogP) is 3.73. The van der Waals surface area contributed by atoms with Gasteiger partial charge in [0.2, 0.25) is 0 Å². The molecule has 134 valence electrons. The molecule has 0 saturated carbocycles. The van der Waals surface area contributed by atoms with Crippen LogP contribution in [-0.2, 0) is 22.4 Å². The molecule has 0 amide bonds. The van der Waals surface area contributed by atoms with Crippen LogP contribution >= 0.6 is 11.8 Å². The van der Waals surface area contributed by atoms with Crippen molar-refractivity contribution in [2.24, 2.45) is 0 Å². The van der Waals surface area contributed by atoms with Gasteiger partial charge in [-0.15, -0.1) is 0 Å². The zero-order valence-corrected chi connectivity index (χ0v) is 15.6. The fourth-order valence-electron chi connectivity index (χ4n) is 2.59. The lowest BCUT2D eigenvalue weighted by molar-refractivity contribution is -0.146. The monoisotopic (exact) mass is 357 g/mol. The first-order chi connectivity index (χ1) is 12.3. The summed E-state index contributed by atoms with van der Waals surface area (Å²) in [6.07, 6.45) is 4.52. The highest BCUT2D eigenvalue weighted by Crippen LogP contribution is 2.06. The van der Waals surface area contributed by atoms with Crippen molar-refractivity contribution >= 4 is 17.7 Å². The number of hydrogen-bond acceptors (Lipinski definition) is 4. The van der Waals surface area contributed by atoms with Crippen LogP contribution in [-0.4, -0.2) is 37.2 Å². The summed E-state index contributed by atoms with van der Waals surface area (Å²) < 4.78 is 5.50. The lowest BCUT2D eigenvalue weighted by Gasteiger charge is -2.17. The summed E-state index contributed by atoms with van der Waals surface area (Å²) in [5.41, 5.74) is 2.46. The van der Waals surface area contributed by atoms with E-state index in [9.17, 15) is 4.79 Å². The Bertz CT molecular complexity index is 604. The topological polar surface area (TPSA) is 38.3 Å². The van der Waals surface area contributed by atoms with Crippen molar-refractivity contribution in [2.45, 2.75) is 25.3 Å². The zero-order valence-electron chi connectivity index (χ0n) is 14.8. The Morgan fingerprint density at radius 2 is 1.60 bits per heavy atom. The van der Waals surface area contributed by atoms with Crippen molar-refractivity contribution in [1.29, 1.82) is 0 Å². The molecular formula is C21H27NO2S. The van der Waals surface area contributed by atoms with Gasteiger partial charge in [0.05, 0.1) is 6.61 Å². The van der Waals surface area contributed by atoms with E-state index < -0.39 is 0 Å². The fraction of sp³-hybridized carbons (Fsp3) is 0.381. The van der Waals surface area contributed by atoms with Crippen molar-refractivity contribution in [1.82, 2.24) is 5.32 Å². The lowest BCUT2D eigenvalue weighted by Crippen LogP contribution is -2.40. The summed E-state index contributed by atoms with van der Waals surface area (Å²) in [5.74, 6) is 0.801. The number of carbonyl (C=O) groups excluding carboxylic acids is 1. The van der Waals surface area contributed by atoms with Gasteiger partial charge in [-0.1, -0.05) is 60.7 Å². The molecule has 2 rings (SSSR count). The first-order valence-corrected chi connectivity index (χ1v) is 10.2. The number of rotatable bonds is 11. The molecule has 4 heteroatoms. The molecule has 0 aliphatic rings. The third-order valence-electron chi connectivity index (χ3n) is 4.02. The van der Waals surface area contributed by atoms with Crippen molar-refractivity contribution in [3.8, 4) is 0 Å². The van der Waals surface area contributed by atoms with Gasteiger partial charge in [0.25, 0.3) is 0 Å². The Morgan fingerprint density at radius 1 is 1.00 bits per heavy atom. The molecule has 2 aromatic carbocycles. The Kier molecular flexibility index (Phi) is 9.16. The van der Waals surface area contributed by atoms with Gasteiger partial charge in [-0.05, 0) is 42.5 Å². The molecule has 0 aromatic heterocycles. The van der Waals surface area contributed by atoms with Crippen LogP contribution in [0.25, 0.3) is 0 Å². The molecule has 0 radical (unpaired) electrons. The second kappa shape index (κ2) is 11.7. The minimum absolute atomic E-state index is 0.141. The zero-order chi connectivity index (χ0) is 17.7. The number of hydrogen-bond donors (Lipinski definition) is 1. The van der Waals surface area contributed by atoms with Crippen LogP contribution in [0.5, 0.6) is 0 Å². The van der Waals surface area contributed by atoms with E-state index in [1.807, 2.05) is 36.4 Å². The number of carbonyl (C=O) groups is 1. The summed E-state index contributed by atoms with van der Waals surface area (Å²) in [4.78, 5) is 12.4. The van der Waals surface area contributed by atoms with Crippen LogP contribution in [0.2, 0.25) is 0 Å². The SMILES string of the molecule is CSCC[C@H](NCCc1ccccc1)C(=O)OCCc1ccccc1. The molecule has 0 saturated heterocycles. The summed E-state index contributed by atoms with van der Waals surface area (Å²) in [6.45, 7) is 1.20. The van der Waals surface area contributed by atoms with Crippen LogP contribution in [0.15, 0.2) is 60.7 Å². The van der Waals surface area contributed by atoms with Gasteiger partial charge in [0.15, 0.2) is 0 Å². The Morgan fingerprint density at radius 3 is 2.20 bits per heavy atom. The molecule has 1 atom stereocenters. The van der Waals surface area contributed by atoms with Gasteiger partial charge in [0, 0.05) is 6.42 Å². The van der Waals surface area contributed by atoms with Gasteiger partial charge in [-0.25, -0.2) is 0 Å². The molecular weight excluding hydrogens is 330 g/mol. The molecule has 2 aromatic rings. The highest BCUT2D eigenvalue weighted by molar-refractivity contribution is 7.98. The van der Waals surface area contributed by atoms with Gasteiger partial charge >= 0.3 is 5.97 Å². The van der Waals surface area contributed by atoms with Crippen LogP contribution in [0.1, 0.15) is 17.5 Å². The quantitative estimate of drug-likeness (QED) is 0.622. The second-order valence-corrected chi connectivity index (χ2v) is 6.91.